The van der Waals surface area contributed by atoms with Gasteiger partial charge in [-0.1, -0.05) is 29.8 Å². The van der Waals surface area contributed by atoms with E-state index in [0.717, 1.165) is 11.1 Å². The van der Waals surface area contributed by atoms with Crippen molar-refractivity contribution in [2.75, 3.05) is 0 Å². The minimum atomic E-state index is -1.10. The average molecular weight is 319 g/mol. The highest BCUT2D eigenvalue weighted by atomic mass is 35.5. The molecule has 0 saturated heterocycles. The van der Waals surface area contributed by atoms with Crippen LogP contribution in [0.15, 0.2) is 42.6 Å². The fourth-order valence-corrected chi connectivity index (χ4v) is 2.12. The third kappa shape index (κ3) is 4.05. The molecule has 0 spiro atoms. The summed E-state index contributed by atoms with van der Waals surface area (Å²) in [5, 5.41) is 12.4. The first kappa shape index (κ1) is 16.0. The maximum atomic E-state index is 12.0. The number of carbonyl (C=O) groups is 2. The lowest BCUT2D eigenvalue weighted by molar-refractivity contribution is -0.139. The molecule has 0 unspecified atom stereocenters. The number of aryl methyl sites for hydroxylation is 1. The second kappa shape index (κ2) is 7.04. The van der Waals surface area contributed by atoms with Crippen molar-refractivity contribution in [3.63, 3.8) is 0 Å². The van der Waals surface area contributed by atoms with E-state index in [9.17, 15) is 14.7 Å². The van der Waals surface area contributed by atoms with E-state index in [2.05, 4.69) is 10.3 Å². The van der Waals surface area contributed by atoms with Crippen LogP contribution < -0.4 is 5.32 Å². The molecule has 2 N–H and O–H groups in total. The molecule has 0 fully saturated rings. The Morgan fingerprint density at radius 3 is 2.68 bits per heavy atom. The molecule has 1 amide bonds. The Morgan fingerprint density at radius 2 is 2.09 bits per heavy atom. The van der Waals surface area contributed by atoms with Crippen LogP contribution in [0, 0.1) is 6.92 Å². The monoisotopic (exact) mass is 318 g/mol. The normalized spacial score (nSPS) is 11.7. The molecule has 1 atom stereocenters. The molecule has 1 aromatic heterocycles. The summed E-state index contributed by atoms with van der Waals surface area (Å²) in [7, 11) is 0. The summed E-state index contributed by atoms with van der Waals surface area (Å²) in [5.74, 6) is -1.62. The number of rotatable bonds is 5. The summed E-state index contributed by atoms with van der Waals surface area (Å²) in [6, 6.07) is 9.12. The summed E-state index contributed by atoms with van der Waals surface area (Å²) in [5.41, 5.74) is 1.83. The Bertz CT molecular complexity index is 689. The molecule has 2 aromatic rings. The zero-order valence-corrected chi connectivity index (χ0v) is 12.7. The third-order valence-corrected chi connectivity index (χ3v) is 3.59. The number of aromatic nitrogens is 1. The van der Waals surface area contributed by atoms with E-state index < -0.39 is 17.9 Å². The molecule has 2 rings (SSSR count). The summed E-state index contributed by atoms with van der Waals surface area (Å²) in [6.07, 6.45) is 1.65. The molecule has 0 radical (unpaired) electrons. The Balaban J connectivity index is 2.12. The predicted octanol–water partition coefficient (Wildman–Crippen LogP) is 2.47. The van der Waals surface area contributed by atoms with E-state index in [1.54, 1.807) is 24.3 Å². The van der Waals surface area contributed by atoms with Crippen molar-refractivity contribution < 1.29 is 14.7 Å². The van der Waals surface area contributed by atoms with E-state index in [4.69, 9.17) is 11.6 Å². The van der Waals surface area contributed by atoms with Gasteiger partial charge in [0.15, 0.2) is 0 Å². The zero-order valence-electron chi connectivity index (χ0n) is 11.9. The van der Waals surface area contributed by atoms with E-state index in [1.165, 1.54) is 12.3 Å². The zero-order chi connectivity index (χ0) is 16.1. The molecule has 6 heteroatoms. The summed E-state index contributed by atoms with van der Waals surface area (Å²) in [4.78, 5) is 27.3. The number of hydrogen-bond acceptors (Lipinski definition) is 3. The van der Waals surface area contributed by atoms with Gasteiger partial charge in [0.2, 0.25) is 0 Å². The minimum Gasteiger partial charge on any atom is -0.480 e. The van der Waals surface area contributed by atoms with Crippen LogP contribution in [-0.2, 0) is 11.2 Å². The number of nitrogens with one attached hydrogen (secondary N) is 1. The lowest BCUT2D eigenvalue weighted by Gasteiger charge is -2.15. The number of aliphatic carboxylic acids is 1. The van der Waals surface area contributed by atoms with Crippen molar-refractivity contribution in [2.45, 2.75) is 19.4 Å². The van der Waals surface area contributed by atoms with Crippen molar-refractivity contribution in [1.29, 1.82) is 0 Å². The number of amides is 1. The number of halogens is 1. The first-order chi connectivity index (χ1) is 10.5. The number of benzene rings is 1. The lowest BCUT2D eigenvalue weighted by atomic mass is 10.0. The Hall–Kier alpha value is -2.40. The van der Waals surface area contributed by atoms with Gasteiger partial charge in [-0.25, -0.2) is 4.79 Å². The smallest absolute Gasteiger partial charge is 0.326 e. The van der Waals surface area contributed by atoms with Gasteiger partial charge in [-0.15, -0.1) is 0 Å². The Labute approximate surface area is 133 Å². The van der Waals surface area contributed by atoms with E-state index in [-0.39, 0.29) is 12.1 Å². The maximum absolute atomic E-state index is 12.0. The number of carbonyl (C=O) groups excluding carboxylic acids is 1. The van der Waals surface area contributed by atoms with Gasteiger partial charge in [0.1, 0.15) is 11.7 Å². The van der Waals surface area contributed by atoms with Crippen molar-refractivity contribution in [3.05, 3.63) is 64.4 Å². The van der Waals surface area contributed by atoms with Crippen LogP contribution in [-0.4, -0.2) is 28.0 Å². The van der Waals surface area contributed by atoms with Gasteiger partial charge in [0, 0.05) is 17.6 Å². The van der Waals surface area contributed by atoms with Crippen molar-refractivity contribution >= 4 is 23.5 Å². The molecule has 0 aliphatic rings. The van der Waals surface area contributed by atoms with E-state index >= 15 is 0 Å². The van der Waals surface area contributed by atoms with Crippen LogP contribution in [0.4, 0.5) is 0 Å². The van der Waals surface area contributed by atoms with Gasteiger partial charge in [0.05, 0.1) is 0 Å². The standard InChI is InChI=1S/C16H15ClN2O3/c1-10-8-11(5-6-12(10)17)9-14(16(21)22)19-15(20)13-4-2-3-7-18-13/h2-8,14H,9H2,1H3,(H,19,20)(H,21,22)/t14-/m0/s1. The van der Waals surface area contributed by atoms with Crippen LogP contribution >= 0.6 is 11.6 Å². The summed E-state index contributed by atoms with van der Waals surface area (Å²) < 4.78 is 0. The molecule has 1 heterocycles. The number of carboxylic acids is 1. The summed E-state index contributed by atoms with van der Waals surface area (Å²) in [6.45, 7) is 1.84. The van der Waals surface area contributed by atoms with Gasteiger partial charge in [-0.2, -0.15) is 0 Å². The van der Waals surface area contributed by atoms with E-state index in [1.807, 2.05) is 13.0 Å². The second-order valence-electron chi connectivity index (χ2n) is 4.87. The molecular formula is C16H15ClN2O3. The second-order valence-corrected chi connectivity index (χ2v) is 5.27. The van der Waals surface area contributed by atoms with Crippen molar-refractivity contribution in [3.8, 4) is 0 Å². The molecule has 114 valence electrons. The quantitative estimate of drug-likeness (QED) is 0.887. The fraction of sp³-hybridized carbons (Fsp3) is 0.188. The lowest BCUT2D eigenvalue weighted by Crippen LogP contribution is -2.42. The van der Waals surface area contributed by atoms with Crippen LogP contribution in [0.25, 0.3) is 0 Å². The summed E-state index contributed by atoms with van der Waals surface area (Å²) >= 11 is 5.95. The Kier molecular flexibility index (Phi) is 5.12. The average Bonchev–Trinajstić information content (AvgIpc) is 2.51. The van der Waals surface area contributed by atoms with Crippen molar-refractivity contribution in [2.24, 2.45) is 0 Å². The number of pyridine rings is 1. The number of hydrogen-bond donors (Lipinski definition) is 2. The highest BCUT2D eigenvalue weighted by Gasteiger charge is 2.21. The van der Waals surface area contributed by atoms with E-state index in [0.29, 0.717) is 5.02 Å². The molecule has 0 saturated carbocycles. The highest BCUT2D eigenvalue weighted by Crippen LogP contribution is 2.17. The van der Waals surface area contributed by atoms with Crippen LogP contribution in [0.1, 0.15) is 21.6 Å². The molecule has 0 bridgehead atoms. The first-order valence-corrected chi connectivity index (χ1v) is 7.05. The van der Waals surface area contributed by atoms with Gasteiger partial charge >= 0.3 is 5.97 Å². The first-order valence-electron chi connectivity index (χ1n) is 6.67. The Morgan fingerprint density at radius 1 is 1.32 bits per heavy atom. The molecule has 5 nitrogen and oxygen atoms in total. The van der Waals surface area contributed by atoms with Gasteiger partial charge in [0.25, 0.3) is 5.91 Å². The van der Waals surface area contributed by atoms with Crippen molar-refractivity contribution in [1.82, 2.24) is 10.3 Å². The SMILES string of the molecule is Cc1cc(C[C@H](NC(=O)c2ccccn2)C(=O)O)ccc1Cl. The third-order valence-electron chi connectivity index (χ3n) is 3.16. The number of nitrogens with zero attached hydrogens (tertiary/aromatic N) is 1. The molecule has 0 aliphatic heterocycles. The predicted molar refractivity (Wildman–Crippen MR) is 83.0 cm³/mol. The minimum absolute atomic E-state index is 0.173. The van der Waals surface area contributed by atoms with Crippen LogP contribution in [0.5, 0.6) is 0 Å². The fourth-order valence-electron chi connectivity index (χ4n) is 2.00. The van der Waals surface area contributed by atoms with Gasteiger partial charge in [-0.05, 0) is 36.2 Å². The van der Waals surface area contributed by atoms with Gasteiger partial charge < -0.3 is 10.4 Å². The largest absolute Gasteiger partial charge is 0.480 e. The van der Waals surface area contributed by atoms with Crippen LogP contribution in [0.3, 0.4) is 0 Å². The number of carboxylic acid groups (broad SMARTS) is 1. The molecular weight excluding hydrogens is 304 g/mol. The molecule has 0 aliphatic carbocycles. The maximum Gasteiger partial charge on any atom is 0.326 e. The molecule has 22 heavy (non-hydrogen) atoms. The van der Waals surface area contributed by atoms with Crippen LogP contribution in [0.2, 0.25) is 5.02 Å². The highest BCUT2D eigenvalue weighted by molar-refractivity contribution is 6.31. The topological polar surface area (TPSA) is 79.3 Å². The van der Waals surface area contributed by atoms with Gasteiger partial charge in [-0.3, -0.25) is 9.78 Å². The molecule has 1 aromatic carbocycles.